The summed E-state index contributed by atoms with van der Waals surface area (Å²) >= 11 is 0. The zero-order chi connectivity index (χ0) is 19.1. The molecule has 0 radical (unpaired) electrons. The number of nitriles is 1. The Morgan fingerprint density at radius 3 is 2.19 bits per heavy atom. The van der Waals surface area contributed by atoms with Crippen LogP contribution in [0, 0.1) is 11.3 Å². The molecule has 0 spiro atoms. The van der Waals surface area contributed by atoms with Crippen molar-refractivity contribution in [3.63, 3.8) is 0 Å². The summed E-state index contributed by atoms with van der Waals surface area (Å²) in [6.07, 6.45) is 1.84. The van der Waals surface area contributed by atoms with Crippen molar-refractivity contribution in [2.24, 2.45) is 0 Å². The molecule has 1 N–H and O–H groups in total. The van der Waals surface area contributed by atoms with Crippen LogP contribution in [0.15, 0.2) is 78.9 Å². The number of carbonyl (C=O) groups is 1. The topological polar surface area (TPSA) is 70.3 Å². The smallest absolute Gasteiger partial charge is 0.335 e. The molecule has 4 heteroatoms. The Hall–Kier alpha value is -3.84. The SMILES string of the molecule is N#C/C(=C\c1ccc(OCc2ccc(C(=O)O)cc2)cc1)c1ccccc1. The van der Waals surface area contributed by atoms with Gasteiger partial charge in [0.05, 0.1) is 17.2 Å². The number of aromatic carboxylic acids is 1. The van der Waals surface area contributed by atoms with E-state index in [1.165, 1.54) is 0 Å². The van der Waals surface area contributed by atoms with Gasteiger partial charge in [-0.1, -0.05) is 54.6 Å². The molecule has 4 nitrogen and oxygen atoms in total. The number of carboxylic acid groups (broad SMARTS) is 1. The Morgan fingerprint density at radius 2 is 1.59 bits per heavy atom. The minimum absolute atomic E-state index is 0.251. The van der Waals surface area contributed by atoms with Crippen LogP contribution >= 0.6 is 0 Å². The van der Waals surface area contributed by atoms with Crippen LogP contribution in [0.3, 0.4) is 0 Å². The Bertz CT molecular complexity index is 983. The van der Waals surface area contributed by atoms with Crippen molar-refractivity contribution in [2.45, 2.75) is 6.61 Å². The molecule has 0 bridgehead atoms. The van der Waals surface area contributed by atoms with Gasteiger partial charge in [-0.25, -0.2) is 4.79 Å². The van der Waals surface area contributed by atoms with Crippen molar-refractivity contribution in [1.29, 1.82) is 5.26 Å². The van der Waals surface area contributed by atoms with Crippen molar-refractivity contribution in [3.05, 3.63) is 101 Å². The molecule has 3 aromatic carbocycles. The van der Waals surface area contributed by atoms with E-state index >= 15 is 0 Å². The maximum atomic E-state index is 10.9. The highest BCUT2D eigenvalue weighted by atomic mass is 16.5. The highest BCUT2D eigenvalue weighted by molar-refractivity contribution is 5.89. The maximum Gasteiger partial charge on any atom is 0.335 e. The van der Waals surface area contributed by atoms with E-state index in [9.17, 15) is 10.1 Å². The number of nitrogens with zero attached hydrogens (tertiary/aromatic N) is 1. The molecule has 0 unspecified atom stereocenters. The molecular formula is C23H17NO3. The number of ether oxygens (including phenoxy) is 1. The van der Waals surface area contributed by atoms with Gasteiger partial charge in [0.15, 0.2) is 0 Å². The van der Waals surface area contributed by atoms with Crippen LogP contribution in [-0.2, 0) is 6.61 Å². The molecule has 0 aliphatic rings. The van der Waals surface area contributed by atoms with Crippen LogP contribution < -0.4 is 4.74 Å². The molecule has 0 aromatic heterocycles. The van der Waals surface area contributed by atoms with E-state index in [1.807, 2.05) is 60.7 Å². The zero-order valence-electron chi connectivity index (χ0n) is 14.5. The number of hydrogen-bond acceptors (Lipinski definition) is 3. The normalized spacial score (nSPS) is 10.9. The number of carboxylic acids is 1. The van der Waals surface area contributed by atoms with Crippen LogP contribution in [0.5, 0.6) is 5.75 Å². The van der Waals surface area contributed by atoms with Crippen LogP contribution in [0.4, 0.5) is 0 Å². The lowest BCUT2D eigenvalue weighted by Crippen LogP contribution is -1.98. The van der Waals surface area contributed by atoms with Gasteiger partial charge in [0.2, 0.25) is 0 Å². The van der Waals surface area contributed by atoms with Gasteiger partial charge in [0, 0.05) is 0 Å². The summed E-state index contributed by atoms with van der Waals surface area (Å²) in [6.45, 7) is 0.350. The van der Waals surface area contributed by atoms with Gasteiger partial charge in [0.25, 0.3) is 0 Å². The van der Waals surface area contributed by atoms with Crippen LogP contribution in [0.2, 0.25) is 0 Å². The molecular weight excluding hydrogens is 338 g/mol. The largest absolute Gasteiger partial charge is 0.489 e. The van der Waals surface area contributed by atoms with E-state index in [4.69, 9.17) is 9.84 Å². The van der Waals surface area contributed by atoms with Crippen LogP contribution in [0.1, 0.15) is 27.0 Å². The molecule has 0 fully saturated rings. The molecule has 0 heterocycles. The van der Waals surface area contributed by atoms with Gasteiger partial charge in [-0.2, -0.15) is 5.26 Å². The average molecular weight is 355 g/mol. The lowest BCUT2D eigenvalue weighted by molar-refractivity contribution is 0.0697. The summed E-state index contributed by atoms with van der Waals surface area (Å²) in [5, 5.41) is 18.3. The second kappa shape index (κ2) is 8.50. The first kappa shape index (κ1) is 18.0. The summed E-state index contributed by atoms with van der Waals surface area (Å²) in [7, 11) is 0. The fourth-order valence-electron chi connectivity index (χ4n) is 2.54. The number of allylic oxidation sites excluding steroid dienone is 1. The van der Waals surface area contributed by atoms with E-state index in [0.29, 0.717) is 17.9 Å². The minimum Gasteiger partial charge on any atom is -0.489 e. The van der Waals surface area contributed by atoms with Crippen LogP contribution in [0.25, 0.3) is 11.6 Å². The first-order valence-corrected chi connectivity index (χ1v) is 8.38. The average Bonchev–Trinajstić information content (AvgIpc) is 2.72. The highest BCUT2D eigenvalue weighted by Crippen LogP contribution is 2.20. The van der Waals surface area contributed by atoms with E-state index < -0.39 is 5.97 Å². The Labute approximate surface area is 157 Å². The standard InChI is InChI=1S/C23H17NO3/c24-15-21(19-4-2-1-3-5-19)14-17-8-12-22(13-9-17)27-16-18-6-10-20(11-7-18)23(25)26/h1-14H,16H2,(H,25,26)/b21-14+. The predicted molar refractivity (Wildman–Crippen MR) is 104 cm³/mol. The van der Waals surface area contributed by atoms with Crippen molar-refractivity contribution in [3.8, 4) is 11.8 Å². The van der Waals surface area contributed by atoms with E-state index in [-0.39, 0.29) is 5.56 Å². The van der Waals surface area contributed by atoms with Crippen molar-refractivity contribution < 1.29 is 14.6 Å². The van der Waals surface area contributed by atoms with E-state index in [2.05, 4.69) is 6.07 Å². The van der Waals surface area contributed by atoms with Gasteiger partial charge in [-0.3, -0.25) is 0 Å². The van der Waals surface area contributed by atoms with Crippen LogP contribution in [-0.4, -0.2) is 11.1 Å². The Kier molecular flexibility index (Phi) is 5.66. The summed E-state index contributed by atoms with van der Waals surface area (Å²) < 4.78 is 5.73. The maximum absolute atomic E-state index is 10.9. The molecule has 27 heavy (non-hydrogen) atoms. The monoisotopic (exact) mass is 355 g/mol. The molecule has 0 aliphatic carbocycles. The van der Waals surface area contributed by atoms with E-state index in [1.54, 1.807) is 24.3 Å². The van der Waals surface area contributed by atoms with Gasteiger partial charge in [-0.15, -0.1) is 0 Å². The van der Waals surface area contributed by atoms with Crippen molar-refractivity contribution in [2.75, 3.05) is 0 Å². The van der Waals surface area contributed by atoms with Gasteiger partial charge in [-0.05, 0) is 47.0 Å². The second-order valence-corrected chi connectivity index (χ2v) is 5.90. The Balaban J connectivity index is 1.66. The predicted octanol–water partition coefficient (Wildman–Crippen LogP) is 5.03. The summed E-state index contributed by atoms with van der Waals surface area (Å²) in [5.41, 5.74) is 3.53. The summed E-state index contributed by atoms with van der Waals surface area (Å²) in [4.78, 5) is 10.9. The van der Waals surface area contributed by atoms with Crippen molar-refractivity contribution >= 4 is 17.6 Å². The number of benzene rings is 3. The fraction of sp³-hybridized carbons (Fsp3) is 0.0435. The van der Waals surface area contributed by atoms with Gasteiger partial charge in [0.1, 0.15) is 12.4 Å². The van der Waals surface area contributed by atoms with Gasteiger partial charge < -0.3 is 9.84 Å². The number of hydrogen-bond donors (Lipinski definition) is 1. The third kappa shape index (κ3) is 4.83. The molecule has 132 valence electrons. The molecule has 0 saturated heterocycles. The first-order valence-electron chi connectivity index (χ1n) is 8.38. The third-order valence-electron chi connectivity index (χ3n) is 4.00. The molecule has 0 atom stereocenters. The lowest BCUT2D eigenvalue weighted by Gasteiger charge is -2.07. The zero-order valence-corrected chi connectivity index (χ0v) is 14.5. The highest BCUT2D eigenvalue weighted by Gasteiger charge is 2.03. The van der Waals surface area contributed by atoms with E-state index in [0.717, 1.165) is 16.7 Å². The quantitative estimate of drug-likeness (QED) is 0.497. The summed E-state index contributed by atoms with van der Waals surface area (Å²) in [5.74, 6) is -0.244. The fourth-order valence-corrected chi connectivity index (χ4v) is 2.54. The minimum atomic E-state index is -0.946. The molecule has 0 saturated carbocycles. The lowest BCUT2D eigenvalue weighted by atomic mass is 10.0. The number of rotatable bonds is 6. The van der Waals surface area contributed by atoms with Crippen molar-refractivity contribution in [1.82, 2.24) is 0 Å². The molecule has 0 aliphatic heterocycles. The molecule has 0 amide bonds. The molecule has 3 rings (SSSR count). The third-order valence-corrected chi connectivity index (χ3v) is 4.00. The first-order chi connectivity index (χ1) is 13.2. The summed E-state index contributed by atoms with van der Waals surface area (Å²) in [6, 6.07) is 25.8. The van der Waals surface area contributed by atoms with Gasteiger partial charge >= 0.3 is 5.97 Å². The second-order valence-electron chi connectivity index (χ2n) is 5.90. The molecule has 3 aromatic rings. The Morgan fingerprint density at radius 1 is 0.926 bits per heavy atom.